The highest BCUT2D eigenvalue weighted by Gasteiger charge is 2.33. The molecule has 0 saturated heterocycles. The van der Waals surface area contributed by atoms with E-state index in [0.29, 0.717) is 29.4 Å². The molecule has 25 heavy (non-hydrogen) atoms. The second kappa shape index (κ2) is 7.23. The number of benzene rings is 2. The van der Waals surface area contributed by atoms with E-state index in [2.05, 4.69) is 5.32 Å². The van der Waals surface area contributed by atoms with Crippen LogP contribution in [0.15, 0.2) is 42.5 Å². The van der Waals surface area contributed by atoms with Gasteiger partial charge in [-0.2, -0.15) is 0 Å². The number of carbonyl (C=O) groups excluding carboxylic acids is 2. The molecule has 0 fully saturated rings. The summed E-state index contributed by atoms with van der Waals surface area (Å²) < 4.78 is 13.4. The molecule has 130 valence electrons. The Kier molecular flexibility index (Phi) is 5.04. The summed E-state index contributed by atoms with van der Waals surface area (Å²) in [5, 5.41) is 3.23. The normalized spacial score (nSPS) is 16.1. The lowest BCUT2D eigenvalue weighted by atomic mass is 9.89. The van der Waals surface area contributed by atoms with E-state index in [0.717, 1.165) is 5.56 Å². The Hall–Kier alpha value is -2.40. The number of halogens is 2. The fraction of sp³-hybridized carbons (Fsp3) is 0.263. The molecule has 4 nitrogen and oxygen atoms in total. The predicted octanol–water partition coefficient (Wildman–Crippen LogP) is 3.95. The van der Waals surface area contributed by atoms with Gasteiger partial charge in [0.25, 0.3) is 0 Å². The van der Waals surface area contributed by atoms with Crippen LogP contribution in [-0.2, 0) is 16.1 Å². The molecule has 6 heteroatoms. The molecule has 0 bridgehead atoms. The number of rotatable bonds is 4. The third kappa shape index (κ3) is 3.66. The van der Waals surface area contributed by atoms with E-state index in [-0.39, 0.29) is 18.2 Å². The van der Waals surface area contributed by atoms with E-state index in [1.807, 2.05) is 25.1 Å². The van der Waals surface area contributed by atoms with Gasteiger partial charge in [-0.3, -0.25) is 9.59 Å². The summed E-state index contributed by atoms with van der Waals surface area (Å²) in [5.41, 5.74) is 1.85. The van der Waals surface area contributed by atoms with Gasteiger partial charge in [-0.15, -0.1) is 0 Å². The second-order valence-corrected chi connectivity index (χ2v) is 6.39. The summed E-state index contributed by atoms with van der Waals surface area (Å²) in [7, 11) is 0. The van der Waals surface area contributed by atoms with Gasteiger partial charge in [0, 0.05) is 30.2 Å². The molecule has 2 amide bonds. The second-order valence-electron chi connectivity index (χ2n) is 5.98. The molecule has 1 heterocycles. The van der Waals surface area contributed by atoms with Gasteiger partial charge in [0.05, 0.1) is 5.92 Å². The van der Waals surface area contributed by atoms with Crippen LogP contribution in [0.3, 0.4) is 0 Å². The first-order valence-electron chi connectivity index (χ1n) is 8.11. The van der Waals surface area contributed by atoms with Crippen molar-refractivity contribution in [2.24, 2.45) is 0 Å². The Balaban J connectivity index is 1.88. The van der Waals surface area contributed by atoms with Crippen LogP contribution >= 0.6 is 11.6 Å². The van der Waals surface area contributed by atoms with Crippen molar-refractivity contribution in [3.05, 3.63) is 64.4 Å². The van der Waals surface area contributed by atoms with E-state index in [4.69, 9.17) is 11.6 Å². The van der Waals surface area contributed by atoms with Crippen LogP contribution in [0.1, 0.15) is 30.4 Å². The highest BCUT2D eigenvalue weighted by atomic mass is 35.5. The lowest BCUT2D eigenvalue weighted by Crippen LogP contribution is -2.38. The van der Waals surface area contributed by atoms with Crippen LogP contribution in [0, 0.1) is 5.82 Å². The minimum Gasteiger partial charge on any atom is -0.338 e. The monoisotopic (exact) mass is 360 g/mol. The molecule has 2 aromatic carbocycles. The molecule has 0 radical (unpaired) electrons. The Morgan fingerprint density at radius 2 is 2.08 bits per heavy atom. The Morgan fingerprint density at radius 3 is 2.80 bits per heavy atom. The highest BCUT2D eigenvalue weighted by molar-refractivity contribution is 6.31. The molecule has 2 aromatic rings. The molecule has 1 aliphatic rings. The summed E-state index contributed by atoms with van der Waals surface area (Å²) in [6.07, 6.45) is 0.0521. The fourth-order valence-corrected chi connectivity index (χ4v) is 3.25. The number of likely N-dealkylation sites (N-methyl/N-ethyl adjacent to an activating group) is 1. The lowest BCUT2D eigenvalue weighted by molar-refractivity contribution is -0.135. The zero-order chi connectivity index (χ0) is 18.0. The predicted molar refractivity (Wildman–Crippen MR) is 94.9 cm³/mol. The van der Waals surface area contributed by atoms with Crippen molar-refractivity contribution in [1.82, 2.24) is 4.90 Å². The zero-order valence-electron chi connectivity index (χ0n) is 13.8. The number of hydrogen-bond acceptors (Lipinski definition) is 2. The third-order valence-corrected chi connectivity index (χ3v) is 4.73. The number of hydrogen-bond donors (Lipinski definition) is 1. The minimum absolute atomic E-state index is 0.0521. The molecular weight excluding hydrogens is 343 g/mol. The quantitative estimate of drug-likeness (QED) is 0.897. The summed E-state index contributed by atoms with van der Waals surface area (Å²) in [6.45, 7) is 2.73. The van der Waals surface area contributed by atoms with E-state index in [1.54, 1.807) is 17.0 Å². The zero-order valence-corrected chi connectivity index (χ0v) is 14.5. The summed E-state index contributed by atoms with van der Waals surface area (Å²) in [5.74, 6) is -1.52. The number of nitrogens with one attached hydrogen (secondary N) is 1. The molecule has 3 rings (SSSR count). The van der Waals surface area contributed by atoms with Crippen molar-refractivity contribution in [1.29, 1.82) is 0 Å². The molecule has 0 spiro atoms. The van der Waals surface area contributed by atoms with Crippen molar-refractivity contribution in [2.45, 2.75) is 25.8 Å². The summed E-state index contributed by atoms with van der Waals surface area (Å²) in [6, 6.07) is 11.5. The topological polar surface area (TPSA) is 49.4 Å². The van der Waals surface area contributed by atoms with E-state index in [9.17, 15) is 14.0 Å². The van der Waals surface area contributed by atoms with Crippen molar-refractivity contribution in [3.63, 3.8) is 0 Å². The van der Waals surface area contributed by atoms with Crippen LogP contribution in [0.25, 0.3) is 0 Å². The largest absolute Gasteiger partial charge is 0.338 e. The maximum Gasteiger partial charge on any atom is 0.231 e. The van der Waals surface area contributed by atoms with Gasteiger partial charge < -0.3 is 10.2 Å². The highest BCUT2D eigenvalue weighted by Crippen LogP contribution is 2.34. The first-order chi connectivity index (χ1) is 12.0. The number of amides is 2. The molecule has 0 aromatic heterocycles. The molecule has 1 aliphatic heterocycles. The maximum absolute atomic E-state index is 13.4. The summed E-state index contributed by atoms with van der Waals surface area (Å²) >= 11 is 6.19. The average Bonchev–Trinajstić information content (AvgIpc) is 2.59. The minimum atomic E-state index is -0.619. The third-order valence-electron chi connectivity index (χ3n) is 4.36. The average molecular weight is 361 g/mol. The SMILES string of the molecule is CCN(Cc1ccccc1Cl)C(=O)C1CC(=O)Nc2cc(F)ccc21. The number of nitrogens with zero attached hydrogens (tertiary/aromatic N) is 1. The van der Waals surface area contributed by atoms with Crippen LogP contribution < -0.4 is 5.32 Å². The van der Waals surface area contributed by atoms with Crippen molar-refractivity contribution in [2.75, 3.05) is 11.9 Å². The molecule has 1 N–H and O–H groups in total. The van der Waals surface area contributed by atoms with E-state index in [1.165, 1.54) is 12.1 Å². The van der Waals surface area contributed by atoms with Crippen molar-refractivity contribution < 1.29 is 14.0 Å². The Labute approximate surface area is 150 Å². The maximum atomic E-state index is 13.4. The van der Waals surface area contributed by atoms with Crippen molar-refractivity contribution in [3.8, 4) is 0 Å². The smallest absolute Gasteiger partial charge is 0.231 e. The standard InChI is InChI=1S/C19H18ClFN2O2/c1-2-23(11-12-5-3-4-6-16(12)20)19(25)15-10-18(24)22-17-9-13(21)7-8-14(15)17/h3-9,15H,2,10-11H2,1H3,(H,22,24). The number of anilines is 1. The van der Waals surface area contributed by atoms with Gasteiger partial charge >= 0.3 is 0 Å². The first-order valence-corrected chi connectivity index (χ1v) is 8.49. The van der Waals surface area contributed by atoms with Gasteiger partial charge in [0.15, 0.2) is 0 Å². The van der Waals surface area contributed by atoms with Gasteiger partial charge in [-0.1, -0.05) is 35.9 Å². The van der Waals surface area contributed by atoms with Gasteiger partial charge in [-0.25, -0.2) is 4.39 Å². The Morgan fingerprint density at radius 1 is 1.32 bits per heavy atom. The van der Waals surface area contributed by atoms with Crippen LogP contribution in [0.4, 0.5) is 10.1 Å². The van der Waals surface area contributed by atoms with Crippen LogP contribution in [0.2, 0.25) is 5.02 Å². The fourth-order valence-electron chi connectivity index (χ4n) is 3.06. The van der Waals surface area contributed by atoms with Crippen LogP contribution in [0.5, 0.6) is 0 Å². The molecule has 0 saturated carbocycles. The number of carbonyl (C=O) groups is 2. The molecule has 1 unspecified atom stereocenters. The molecular formula is C19H18ClFN2O2. The van der Waals surface area contributed by atoms with Gasteiger partial charge in [0.2, 0.25) is 11.8 Å². The number of fused-ring (bicyclic) bond motifs is 1. The van der Waals surface area contributed by atoms with E-state index >= 15 is 0 Å². The van der Waals surface area contributed by atoms with Gasteiger partial charge in [0.1, 0.15) is 5.82 Å². The van der Waals surface area contributed by atoms with E-state index < -0.39 is 11.7 Å². The van der Waals surface area contributed by atoms with Crippen LogP contribution in [-0.4, -0.2) is 23.3 Å². The molecule has 1 atom stereocenters. The van der Waals surface area contributed by atoms with Gasteiger partial charge in [-0.05, 0) is 36.2 Å². The summed E-state index contributed by atoms with van der Waals surface area (Å²) in [4.78, 5) is 26.7. The first kappa shape index (κ1) is 17.4. The van der Waals surface area contributed by atoms with Crippen molar-refractivity contribution >= 4 is 29.1 Å². The lowest BCUT2D eigenvalue weighted by Gasteiger charge is -2.30. The Bertz CT molecular complexity index is 825. The molecule has 0 aliphatic carbocycles.